The molecular weight excluding hydrogens is 174 g/mol. The van der Waals surface area contributed by atoms with Gasteiger partial charge in [-0.15, -0.1) is 11.3 Å². The molecule has 60 valence electrons. The van der Waals surface area contributed by atoms with E-state index < -0.39 is 5.78 Å². The average molecular weight is 179 g/mol. The molecule has 5 heteroatoms. The Morgan fingerprint density at radius 2 is 2.50 bits per heavy atom. The van der Waals surface area contributed by atoms with Crippen LogP contribution in [-0.2, 0) is 0 Å². The standard InChI is InChI=1S/C7H5N3OS/c8-4-5(10-9)7(11)6-2-1-3-12-6/h1-3H,9H2/b10-5+. The summed E-state index contributed by atoms with van der Waals surface area (Å²) in [5.41, 5.74) is -0.266. The van der Waals surface area contributed by atoms with Gasteiger partial charge in [-0.1, -0.05) is 6.07 Å². The number of carbonyl (C=O) groups excluding carboxylic acids is 1. The Balaban J connectivity index is 2.95. The Kier molecular flexibility index (Phi) is 2.56. The van der Waals surface area contributed by atoms with Gasteiger partial charge in [0.2, 0.25) is 11.5 Å². The van der Waals surface area contributed by atoms with E-state index in [4.69, 9.17) is 11.1 Å². The molecule has 0 saturated heterocycles. The van der Waals surface area contributed by atoms with E-state index in [2.05, 4.69) is 5.10 Å². The van der Waals surface area contributed by atoms with Crippen molar-refractivity contribution < 1.29 is 4.79 Å². The van der Waals surface area contributed by atoms with Crippen LogP contribution in [0.4, 0.5) is 0 Å². The molecule has 0 spiro atoms. The number of Topliss-reactive ketones (excluding diaryl/α,β-unsaturated/α-hetero) is 1. The minimum atomic E-state index is -0.421. The van der Waals surface area contributed by atoms with Crippen molar-refractivity contribution in [3.8, 4) is 6.07 Å². The molecule has 4 nitrogen and oxygen atoms in total. The second-order valence-electron chi connectivity index (χ2n) is 1.90. The summed E-state index contributed by atoms with van der Waals surface area (Å²) in [5.74, 6) is 4.42. The van der Waals surface area contributed by atoms with Crippen LogP contribution in [0, 0.1) is 11.3 Å². The molecule has 0 bridgehead atoms. The third-order valence-corrected chi connectivity index (χ3v) is 2.06. The van der Waals surface area contributed by atoms with Gasteiger partial charge in [-0.2, -0.15) is 10.4 Å². The van der Waals surface area contributed by atoms with Gasteiger partial charge in [0.15, 0.2) is 0 Å². The lowest BCUT2D eigenvalue weighted by Gasteiger charge is -1.89. The first-order chi connectivity index (χ1) is 5.79. The number of hydrogen-bond acceptors (Lipinski definition) is 5. The molecule has 1 aromatic rings. The fourth-order valence-electron chi connectivity index (χ4n) is 0.663. The van der Waals surface area contributed by atoms with Gasteiger partial charge < -0.3 is 5.84 Å². The summed E-state index contributed by atoms with van der Waals surface area (Å²) in [6, 6.07) is 4.97. The molecule has 0 saturated carbocycles. The van der Waals surface area contributed by atoms with Crippen LogP contribution in [-0.4, -0.2) is 11.5 Å². The number of ketones is 1. The molecule has 1 aromatic heterocycles. The van der Waals surface area contributed by atoms with E-state index in [1.807, 2.05) is 0 Å². The van der Waals surface area contributed by atoms with E-state index in [1.54, 1.807) is 23.6 Å². The number of nitriles is 1. The highest BCUT2D eigenvalue weighted by molar-refractivity contribution is 7.13. The molecule has 0 atom stereocenters. The summed E-state index contributed by atoms with van der Waals surface area (Å²) >= 11 is 1.25. The maximum Gasteiger partial charge on any atom is 0.233 e. The average Bonchev–Trinajstić information content (AvgIpc) is 2.58. The monoisotopic (exact) mass is 179 g/mol. The first kappa shape index (κ1) is 8.43. The van der Waals surface area contributed by atoms with E-state index in [0.29, 0.717) is 4.88 Å². The molecule has 0 fully saturated rings. The summed E-state index contributed by atoms with van der Waals surface area (Å²) < 4.78 is 0. The zero-order valence-electron chi connectivity index (χ0n) is 6.02. The van der Waals surface area contributed by atoms with Crippen molar-refractivity contribution in [2.45, 2.75) is 0 Å². The van der Waals surface area contributed by atoms with Crippen molar-refractivity contribution in [1.82, 2.24) is 0 Å². The van der Waals surface area contributed by atoms with Crippen LogP contribution >= 0.6 is 11.3 Å². The van der Waals surface area contributed by atoms with Crippen molar-refractivity contribution in [2.75, 3.05) is 0 Å². The molecule has 0 aromatic carbocycles. The first-order valence-electron chi connectivity index (χ1n) is 3.05. The Morgan fingerprint density at radius 1 is 1.75 bits per heavy atom. The van der Waals surface area contributed by atoms with E-state index in [1.165, 1.54) is 11.3 Å². The third kappa shape index (κ3) is 1.49. The summed E-state index contributed by atoms with van der Waals surface area (Å²) in [4.78, 5) is 11.7. The van der Waals surface area contributed by atoms with Crippen molar-refractivity contribution in [3.63, 3.8) is 0 Å². The third-order valence-electron chi connectivity index (χ3n) is 1.20. The van der Waals surface area contributed by atoms with Crippen LogP contribution in [0.1, 0.15) is 9.67 Å². The number of rotatable bonds is 2. The van der Waals surface area contributed by atoms with Crippen LogP contribution in [0.3, 0.4) is 0 Å². The van der Waals surface area contributed by atoms with Gasteiger partial charge >= 0.3 is 0 Å². The first-order valence-corrected chi connectivity index (χ1v) is 3.93. The minimum absolute atomic E-state index is 0.266. The molecule has 0 unspecified atom stereocenters. The maximum atomic E-state index is 11.2. The van der Waals surface area contributed by atoms with Gasteiger partial charge in [0.1, 0.15) is 6.07 Å². The van der Waals surface area contributed by atoms with Gasteiger partial charge in [0.05, 0.1) is 4.88 Å². The SMILES string of the molecule is N#C/C(=N\N)C(=O)c1cccs1. The molecule has 0 amide bonds. The van der Waals surface area contributed by atoms with E-state index >= 15 is 0 Å². The van der Waals surface area contributed by atoms with Crippen LogP contribution in [0.25, 0.3) is 0 Å². The molecule has 0 radical (unpaired) electrons. The maximum absolute atomic E-state index is 11.2. The molecule has 2 N–H and O–H groups in total. The lowest BCUT2D eigenvalue weighted by atomic mass is 10.2. The fraction of sp³-hybridized carbons (Fsp3) is 0. The van der Waals surface area contributed by atoms with Crippen molar-refractivity contribution in [1.29, 1.82) is 5.26 Å². The largest absolute Gasteiger partial charge is 0.322 e. The summed E-state index contributed by atoms with van der Waals surface area (Å²) in [6.07, 6.45) is 0. The second kappa shape index (κ2) is 3.64. The van der Waals surface area contributed by atoms with Crippen molar-refractivity contribution >= 4 is 22.8 Å². The highest BCUT2D eigenvalue weighted by Gasteiger charge is 2.13. The van der Waals surface area contributed by atoms with E-state index in [0.717, 1.165) is 0 Å². The Morgan fingerprint density at radius 3 is 2.92 bits per heavy atom. The molecule has 1 heterocycles. The van der Waals surface area contributed by atoms with Crippen molar-refractivity contribution in [2.24, 2.45) is 10.9 Å². The number of carbonyl (C=O) groups is 1. The smallest absolute Gasteiger partial charge is 0.233 e. The highest BCUT2D eigenvalue weighted by Crippen LogP contribution is 2.09. The van der Waals surface area contributed by atoms with Gasteiger partial charge in [0, 0.05) is 0 Å². The van der Waals surface area contributed by atoms with Gasteiger partial charge in [-0.05, 0) is 11.4 Å². The number of nitrogens with zero attached hydrogens (tertiary/aromatic N) is 2. The molecule has 0 aliphatic heterocycles. The van der Waals surface area contributed by atoms with Gasteiger partial charge in [-0.3, -0.25) is 4.79 Å². The van der Waals surface area contributed by atoms with Crippen LogP contribution in [0.15, 0.2) is 22.6 Å². The van der Waals surface area contributed by atoms with Gasteiger partial charge in [0.25, 0.3) is 0 Å². The molecule has 12 heavy (non-hydrogen) atoms. The zero-order chi connectivity index (χ0) is 8.97. The summed E-state index contributed by atoms with van der Waals surface area (Å²) in [7, 11) is 0. The molecule has 0 aliphatic carbocycles. The lowest BCUT2D eigenvalue weighted by Crippen LogP contribution is -2.12. The topological polar surface area (TPSA) is 79.2 Å². The summed E-state index contributed by atoms with van der Waals surface area (Å²) in [5, 5.41) is 13.2. The zero-order valence-corrected chi connectivity index (χ0v) is 6.84. The summed E-state index contributed by atoms with van der Waals surface area (Å²) in [6.45, 7) is 0. The predicted molar refractivity (Wildman–Crippen MR) is 45.9 cm³/mol. The Hall–Kier alpha value is -1.67. The molecule has 1 rings (SSSR count). The van der Waals surface area contributed by atoms with E-state index in [9.17, 15) is 4.79 Å². The number of nitrogens with two attached hydrogens (primary N) is 1. The fourth-order valence-corrected chi connectivity index (χ4v) is 1.33. The number of hydrazone groups is 1. The minimum Gasteiger partial charge on any atom is -0.322 e. The Bertz CT molecular complexity index is 347. The van der Waals surface area contributed by atoms with Crippen molar-refractivity contribution in [3.05, 3.63) is 22.4 Å². The van der Waals surface area contributed by atoms with Crippen LogP contribution < -0.4 is 5.84 Å². The quantitative estimate of drug-likeness (QED) is 0.315. The normalized spacial score (nSPS) is 10.8. The Labute approximate surface area is 72.9 Å². The second-order valence-corrected chi connectivity index (χ2v) is 2.84. The number of thiophene rings is 1. The lowest BCUT2D eigenvalue weighted by molar-refractivity contribution is 0.107. The van der Waals surface area contributed by atoms with Crippen LogP contribution in [0.2, 0.25) is 0 Å². The van der Waals surface area contributed by atoms with Crippen LogP contribution in [0.5, 0.6) is 0 Å². The highest BCUT2D eigenvalue weighted by atomic mass is 32.1. The molecular formula is C7H5N3OS. The number of hydrogen-bond donors (Lipinski definition) is 1. The molecule has 0 aliphatic rings. The van der Waals surface area contributed by atoms with E-state index in [-0.39, 0.29) is 5.71 Å². The van der Waals surface area contributed by atoms with Gasteiger partial charge in [-0.25, -0.2) is 0 Å². The predicted octanol–water partition coefficient (Wildman–Crippen LogP) is 0.769.